The molecule has 0 aromatic heterocycles. The molecular weight excluding hydrogens is 241 g/mol. The molecule has 6 heteroatoms. The number of aliphatic hydroxyl groups excluding tert-OH is 2. The van der Waals surface area contributed by atoms with Crippen LogP contribution in [0.3, 0.4) is 0 Å². The highest BCUT2D eigenvalue weighted by Gasteiger charge is 2.29. The summed E-state index contributed by atoms with van der Waals surface area (Å²) in [5.41, 5.74) is -1.61. The van der Waals surface area contributed by atoms with Gasteiger partial charge in [0.1, 0.15) is 5.82 Å². The number of benzene rings is 1. The van der Waals surface area contributed by atoms with E-state index in [0.29, 0.717) is 6.42 Å². The first kappa shape index (κ1) is 14.4. The Morgan fingerprint density at radius 1 is 1.39 bits per heavy atom. The van der Waals surface area contributed by atoms with Gasteiger partial charge in [0.2, 0.25) is 0 Å². The first-order chi connectivity index (χ1) is 8.49. The van der Waals surface area contributed by atoms with Gasteiger partial charge in [-0.25, -0.2) is 9.18 Å². The Bertz CT molecular complexity index is 424. The fourth-order valence-electron chi connectivity index (χ4n) is 1.54. The summed E-state index contributed by atoms with van der Waals surface area (Å²) >= 11 is 0. The van der Waals surface area contributed by atoms with Gasteiger partial charge in [0, 0.05) is 0 Å². The van der Waals surface area contributed by atoms with E-state index in [2.05, 4.69) is 5.32 Å². The van der Waals surface area contributed by atoms with E-state index in [1.807, 2.05) is 0 Å². The van der Waals surface area contributed by atoms with E-state index in [1.54, 1.807) is 6.92 Å². The molecule has 5 nitrogen and oxygen atoms in total. The van der Waals surface area contributed by atoms with E-state index in [0.717, 1.165) is 6.07 Å². The van der Waals surface area contributed by atoms with Crippen molar-refractivity contribution in [2.75, 3.05) is 18.5 Å². The molecule has 0 aliphatic rings. The third kappa shape index (κ3) is 2.77. The molecule has 0 spiro atoms. The quantitative estimate of drug-likeness (QED) is 0.612. The van der Waals surface area contributed by atoms with E-state index in [4.69, 9.17) is 5.11 Å². The molecule has 0 heterocycles. The van der Waals surface area contributed by atoms with Crippen molar-refractivity contribution < 1.29 is 24.5 Å². The van der Waals surface area contributed by atoms with Crippen LogP contribution in [0, 0.1) is 5.82 Å². The molecule has 0 aliphatic heterocycles. The first-order valence-corrected chi connectivity index (χ1v) is 5.51. The van der Waals surface area contributed by atoms with E-state index < -0.39 is 30.5 Å². The maximum absolute atomic E-state index is 13.7. The van der Waals surface area contributed by atoms with Crippen LogP contribution in [0.15, 0.2) is 18.2 Å². The normalized spacial score (nSPS) is 11.3. The summed E-state index contributed by atoms with van der Waals surface area (Å²) in [4.78, 5) is 11.0. The lowest BCUT2D eigenvalue weighted by molar-refractivity contribution is 0.0696. The van der Waals surface area contributed by atoms with Gasteiger partial charge in [-0.1, -0.05) is 13.0 Å². The number of aliphatic hydroxyl groups is 2. The number of nitrogens with one attached hydrogen (secondary N) is 1. The third-order valence-corrected chi connectivity index (χ3v) is 2.92. The SMILES string of the molecule is CCC(CO)(CO)Nc1c(F)cccc1C(=O)O. The highest BCUT2D eigenvalue weighted by Crippen LogP contribution is 2.25. The lowest BCUT2D eigenvalue weighted by Crippen LogP contribution is -2.45. The average Bonchev–Trinajstić information content (AvgIpc) is 2.37. The van der Waals surface area contributed by atoms with Crippen molar-refractivity contribution in [3.63, 3.8) is 0 Å². The maximum atomic E-state index is 13.7. The molecule has 0 fully saturated rings. The molecule has 1 aromatic carbocycles. The molecule has 100 valence electrons. The van der Waals surface area contributed by atoms with Gasteiger partial charge in [0.25, 0.3) is 0 Å². The van der Waals surface area contributed by atoms with Crippen molar-refractivity contribution in [1.82, 2.24) is 0 Å². The molecule has 0 bridgehead atoms. The number of hydrogen-bond donors (Lipinski definition) is 4. The Kier molecular flexibility index (Phi) is 4.63. The van der Waals surface area contributed by atoms with Crippen molar-refractivity contribution in [2.24, 2.45) is 0 Å². The number of para-hydroxylation sites is 1. The van der Waals surface area contributed by atoms with Crippen molar-refractivity contribution in [3.8, 4) is 0 Å². The molecule has 0 radical (unpaired) electrons. The second-order valence-electron chi connectivity index (χ2n) is 4.04. The molecule has 0 amide bonds. The summed E-state index contributed by atoms with van der Waals surface area (Å²) in [7, 11) is 0. The third-order valence-electron chi connectivity index (χ3n) is 2.92. The summed E-state index contributed by atoms with van der Waals surface area (Å²) in [5, 5.41) is 30.1. The summed E-state index contributed by atoms with van der Waals surface area (Å²) in [6.07, 6.45) is 0.313. The standard InChI is InChI=1S/C12H16FNO4/c1-2-12(6-15,7-16)14-10-8(11(17)18)4-3-5-9(10)13/h3-5,14-16H,2,6-7H2,1H3,(H,17,18). The van der Waals surface area contributed by atoms with Crippen LogP contribution in [0.4, 0.5) is 10.1 Å². The zero-order valence-electron chi connectivity index (χ0n) is 9.98. The van der Waals surface area contributed by atoms with Gasteiger partial charge < -0.3 is 20.6 Å². The van der Waals surface area contributed by atoms with Crippen LogP contribution in [0.5, 0.6) is 0 Å². The zero-order valence-corrected chi connectivity index (χ0v) is 9.98. The van der Waals surface area contributed by atoms with Gasteiger partial charge in [-0.15, -0.1) is 0 Å². The van der Waals surface area contributed by atoms with Gasteiger partial charge >= 0.3 is 5.97 Å². The minimum Gasteiger partial charge on any atom is -0.478 e. The molecular formula is C12H16FNO4. The number of hydrogen-bond acceptors (Lipinski definition) is 4. The molecule has 4 N–H and O–H groups in total. The second-order valence-corrected chi connectivity index (χ2v) is 4.04. The molecule has 0 saturated heterocycles. The van der Waals surface area contributed by atoms with Gasteiger partial charge in [0.05, 0.1) is 30.0 Å². The lowest BCUT2D eigenvalue weighted by atomic mass is 9.97. The van der Waals surface area contributed by atoms with E-state index in [1.165, 1.54) is 12.1 Å². The van der Waals surface area contributed by atoms with Gasteiger partial charge in [-0.3, -0.25) is 0 Å². The number of anilines is 1. The van der Waals surface area contributed by atoms with Crippen LogP contribution in [-0.2, 0) is 0 Å². The minimum absolute atomic E-state index is 0.227. The number of carbonyl (C=O) groups is 1. The highest BCUT2D eigenvalue weighted by atomic mass is 19.1. The van der Waals surface area contributed by atoms with Crippen molar-refractivity contribution in [3.05, 3.63) is 29.6 Å². The Balaban J connectivity index is 3.20. The van der Waals surface area contributed by atoms with Crippen molar-refractivity contribution in [2.45, 2.75) is 18.9 Å². The average molecular weight is 257 g/mol. The fraction of sp³-hybridized carbons (Fsp3) is 0.417. The minimum atomic E-state index is -1.28. The Hall–Kier alpha value is -1.66. The largest absolute Gasteiger partial charge is 0.478 e. The number of aromatic carboxylic acids is 1. The van der Waals surface area contributed by atoms with Gasteiger partial charge in [-0.05, 0) is 18.6 Å². The van der Waals surface area contributed by atoms with Crippen molar-refractivity contribution >= 4 is 11.7 Å². The fourth-order valence-corrected chi connectivity index (χ4v) is 1.54. The summed E-state index contributed by atoms with van der Waals surface area (Å²) < 4.78 is 13.7. The van der Waals surface area contributed by atoms with Crippen LogP contribution in [-0.4, -0.2) is 40.0 Å². The molecule has 1 aromatic rings. The smallest absolute Gasteiger partial charge is 0.337 e. The van der Waals surface area contributed by atoms with Crippen molar-refractivity contribution in [1.29, 1.82) is 0 Å². The molecule has 0 saturated carbocycles. The number of carboxylic acid groups (broad SMARTS) is 1. The van der Waals surface area contributed by atoms with Gasteiger partial charge in [0.15, 0.2) is 0 Å². The van der Waals surface area contributed by atoms with Crippen LogP contribution >= 0.6 is 0 Å². The Morgan fingerprint density at radius 3 is 2.44 bits per heavy atom. The molecule has 0 unspecified atom stereocenters. The molecule has 0 atom stereocenters. The maximum Gasteiger partial charge on any atom is 0.337 e. The van der Waals surface area contributed by atoms with E-state index >= 15 is 0 Å². The van der Waals surface area contributed by atoms with Crippen LogP contribution in [0.25, 0.3) is 0 Å². The van der Waals surface area contributed by atoms with Gasteiger partial charge in [-0.2, -0.15) is 0 Å². The summed E-state index contributed by atoms with van der Waals surface area (Å²) in [6.45, 7) is 0.821. The Labute approximate surface area is 104 Å². The van der Waals surface area contributed by atoms with E-state index in [9.17, 15) is 19.4 Å². The van der Waals surface area contributed by atoms with Crippen LogP contribution < -0.4 is 5.32 Å². The van der Waals surface area contributed by atoms with E-state index in [-0.39, 0.29) is 11.3 Å². The topological polar surface area (TPSA) is 89.8 Å². The number of halogens is 1. The monoisotopic (exact) mass is 257 g/mol. The summed E-state index contributed by atoms with van der Waals surface area (Å²) in [6, 6.07) is 3.66. The van der Waals surface area contributed by atoms with Crippen LogP contribution in [0.1, 0.15) is 23.7 Å². The number of carboxylic acids is 1. The van der Waals surface area contributed by atoms with Crippen LogP contribution in [0.2, 0.25) is 0 Å². The lowest BCUT2D eigenvalue weighted by Gasteiger charge is -2.31. The number of rotatable bonds is 6. The zero-order chi connectivity index (χ0) is 13.8. The molecule has 18 heavy (non-hydrogen) atoms. The summed E-state index contributed by atoms with van der Waals surface area (Å²) in [5.74, 6) is -2.02. The highest BCUT2D eigenvalue weighted by molar-refractivity contribution is 5.94. The second kappa shape index (κ2) is 5.79. The Morgan fingerprint density at radius 2 is 2.00 bits per heavy atom. The molecule has 1 rings (SSSR count). The molecule has 0 aliphatic carbocycles. The first-order valence-electron chi connectivity index (χ1n) is 5.51. The predicted octanol–water partition coefficient (Wildman–Crippen LogP) is 1.07. The predicted molar refractivity (Wildman–Crippen MR) is 64.2 cm³/mol.